The monoisotopic (exact) mass is 420 g/mol. The third-order valence-corrected chi connectivity index (χ3v) is 6.88. The highest BCUT2D eigenvalue weighted by Gasteiger charge is 2.43. The van der Waals surface area contributed by atoms with Crippen LogP contribution < -0.4 is 5.32 Å². The molecule has 3 amide bonds. The maximum absolute atomic E-state index is 13.5. The van der Waals surface area contributed by atoms with Crippen LogP contribution in [0.3, 0.4) is 0 Å². The summed E-state index contributed by atoms with van der Waals surface area (Å²) in [6, 6.07) is 0.132. The maximum Gasteiger partial charge on any atom is 0.324 e. The number of nitrogens with zero attached hydrogens (tertiary/aromatic N) is 3. The summed E-state index contributed by atoms with van der Waals surface area (Å²) in [5.74, 6) is 0.728. The summed E-state index contributed by atoms with van der Waals surface area (Å²) in [7, 11) is 6.10. The van der Waals surface area contributed by atoms with Gasteiger partial charge in [0.2, 0.25) is 5.91 Å². The molecule has 0 radical (unpaired) electrons. The van der Waals surface area contributed by atoms with Gasteiger partial charge in [0.1, 0.15) is 5.78 Å². The number of urea groups is 1. The number of hydrogen-bond donors (Lipinski definition) is 1. The minimum Gasteiger partial charge on any atom is -0.337 e. The molecule has 1 heterocycles. The van der Waals surface area contributed by atoms with Crippen LogP contribution in [0.15, 0.2) is 0 Å². The van der Waals surface area contributed by atoms with Crippen molar-refractivity contribution in [2.45, 2.75) is 58.4 Å². The van der Waals surface area contributed by atoms with Crippen molar-refractivity contribution in [3.05, 3.63) is 0 Å². The minimum absolute atomic E-state index is 0.0619. The zero-order valence-corrected chi connectivity index (χ0v) is 19.4. The smallest absolute Gasteiger partial charge is 0.324 e. The number of fused-ring (bicyclic) bond motifs is 1. The summed E-state index contributed by atoms with van der Waals surface area (Å²) in [4.78, 5) is 44.3. The lowest BCUT2D eigenvalue weighted by atomic mass is 9.74. The van der Waals surface area contributed by atoms with Crippen molar-refractivity contribution in [1.82, 2.24) is 20.0 Å². The summed E-state index contributed by atoms with van der Waals surface area (Å²) in [6.07, 6.45) is 5.03. The SMILES string of the molecule is CN(C)CC(C)(C)CNC(=O)N(CC1CC1)C(=O)[C@@H]1C[C@@H]2CC(=O)CC[C@H]2N(C)C1. The molecule has 2 saturated carbocycles. The fourth-order valence-electron chi connectivity index (χ4n) is 5.37. The Bertz CT molecular complexity index is 659. The number of likely N-dealkylation sites (tertiary alicyclic amines) is 1. The van der Waals surface area contributed by atoms with Crippen molar-refractivity contribution in [3.8, 4) is 0 Å². The number of carbonyl (C=O) groups is 3. The second-order valence-corrected chi connectivity index (χ2v) is 10.9. The van der Waals surface area contributed by atoms with E-state index in [1.165, 1.54) is 4.90 Å². The normalized spacial score (nSPS) is 27.7. The fourth-order valence-corrected chi connectivity index (χ4v) is 5.37. The van der Waals surface area contributed by atoms with E-state index in [1.54, 1.807) is 0 Å². The van der Waals surface area contributed by atoms with E-state index in [1.807, 2.05) is 14.1 Å². The quantitative estimate of drug-likeness (QED) is 0.684. The lowest BCUT2D eigenvalue weighted by Gasteiger charge is -2.45. The lowest BCUT2D eigenvalue weighted by molar-refractivity contribution is -0.138. The lowest BCUT2D eigenvalue weighted by Crippen LogP contribution is -2.55. The standard InChI is InChI=1S/C23H40N4O3/c1-23(2,15-25(3)4)14-24-22(30)27(12-16-6-7-16)21(29)18-10-17-11-19(28)8-9-20(17)26(5)13-18/h16-18,20H,6-15H2,1-5H3,(H,24,30)/t17-,18-,20-/m1/s1. The average molecular weight is 421 g/mol. The highest BCUT2D eigenvalue weighted by Crippen LogP contribution is 2.37. The van der Waals surface area contributed by atoms with Gasteiger partial charge >= 0.3 is 6.03 Å². The van der Waals surface area contributed by atoms with Gasteiger partial charge < -0.3 is 15.1 Å². The van der Waals surface area contributed by atoms with Crippen LogP contribution in [0.2, 0.25) is 0 Å². The molecule has 0 unspecified atom stereocenters. The third-order valence-electron chi connectivity index (χ3n) is 6.88. The van der Waals surface area contributed by atoms with Gasteiger partial charge in [-0.3, -0.25) is 14.5 Å². The molecule has 0 bridgehead atoms. The predicted octanol–water partition coefficient (Wildman–Crippen LogP) is 2.21. The van der Waals surface area contributed by atoms with Crippen LogP contribution in [0.5, 0.6) is 0 Å². The number of piperidine rings is 1. The van der Waals surface area contributed by atoms with Crippen molar-refractivity contribution in [1.29, 1.82) is 0 Å². The Hall–Kier alpha value is -1.47. The number of ketones is 1. The first-order valence-electron chi connectivity index (χ1n) is 11.5. The summed E-state index contributed by atoms with van der Waals surface area (Å²) in [6.45, 7) is 6.82. The number of hydrogen-bond acceptors (Lipinski definition) is 5. The Kier molecular flexibility index (Phi) is 7.23. The second kappa shape index (κ2) is 9.35. The van der Waals surface area contributed by atoms with E-state index in [-0.39, 0.29) is 29.2 Å². The van der Waals surface area contributed by atoms with Gasteiger partial charge in [-0.1, -0.05) is 13.8 Å². The number of amides is 3. The van der Waals surface area contributed by atoms with Crippen LogP contribution in [-0.4, -0.2) is 85.8 Å². The molecule has 7 nitrogen and oxygen atoms in total. The molecule has 3 atom stereocenters. The molecule has 7 heteroatoms. The molecule has 0 aromatic rings. The van der Waals surface area contributed by atoms with Gasteiger partial charge in [-0.15, -0.1) is 0 Å². The summed E-state index contributed by atoms with van der Waals surface area (Å²) < 4.78 is 0. The number of imide groups is 1. The van der Waals surface area contributed by atoms with E-state index in [0.717, 1.165) is 32.2 Å². The Morgan fingerprint density at radius 1 is 1.20 bits per heavy atom. The van der Waals surface area contributed by atoms with Gasteiger partial charge in [0.15, 0.2) is 0 Å². The Morgan fingerprint density at radius 2 is 1.90 bits per heavy atom. The van der Waals surface area contributed by atoms with Crippen LogP contribution in [0, 0.1) is 23.2 Å². The summed E-state index contributed by atoms with van der Waals surface area (Å²) in [5, 5.41) is 3.03. The number of Topliss-reactive ketones (excluding diaryl/α,β-unsaturated/α-hetero) is 1. The van der Waals surface area contributed by atoms with Crippen LogP contribution in [0.25, 0.3) is 0 Å². The fraction of sp³-hybridized carbons (Fsp3) is 0.870. The number of carbonyl (C=O) groups excluding carboxylic acids is 3. The Balaban J connectivity index is 1.64. The molecule has 3 fully saturated rings. The highest BCUT2D eigenvalue weighted by molar-refractivity contribution is 5.96. The van der Waals surface area contributed by atoms with Gasteiger partial charge in [-0.05, 0) is 64.1 Å². The van der Waals surface area contributed by atoms with Crippen LogP contribution >= 0.6 is 0 Å². The van der Waals surface area contributed by atoms with Crippen LogP contribution in [0.1, 0.15) is 52.4 Å². The molecule has 1 aliphatic heterocycles. The molecule has 1 saturated heterocycles. The third kappa shape index (κ3) is 6.03. The highest BCUT2D eigenvalue weighted by atomic mass is 16.2. The Morgan fingerprint density at radius 3 is 2.53 bits per heavy atom. The molecular weight excluding hydrogens is 380 g/mol. The first-order valence-corrected chi connectivity index (χ1v) is 11.5. The average Bonchev–Trinajstić information content (AvgIpc) is 3.46. The van der Waals surface area contributed by atoms with Gasteiger partial charge in [0, 0.05) is 45.1 Å². The number of rotatable bonds is 7. The molecular formula is C23H40N4O3. The largest absolute Gasteiger partial charge is 0.337 e. The van der Waals surface area contributed by atoms with Gasteiger partial charge in [0.05, 0.1) is 5.92 Å². The van der Waals surface area contributed by atoms with E-state index >= 15 is 0 Å². The minimum atomic E-state index is -0.261. The first-order chi connectivity index (χ1) is 14.1. The molecule has 3 rings (SSSR count). The topological polar surface area (TPSA) is 73.0 Å². The molecule has 170 valence electrons. The van der Waals surface area contributed by atoms with Crippen LogP contribution in [-0.2, 0) is 9.59 Å². The first kappa shape index (κ1) is 23.2. The van der Waals surface area contributed by atoms with Gasteiger partial charge in [-0.2, -0.15) is 0 Å². The van der Waals surface area contributed by atoms with E-state index in [0.29, 0.717) is 50.2 Å². The molecule has 2 aliphatic carbocycles. The van der Waals surface area contributed by atoms with Crippen LogP contribution in [0.4, 0.5) is 4.79 Å². The molecule has 0 aromatic carbocycles. The van der Waals surface area contributed by atoms with E-state index < -0.39 is 0 Å². The van der Waals surface area contributed by atoms with E-state index in [4.69, 9.17) is 0 Å². The molecule has 0 aromatic heterocycles. The van der Waals surface area contributed by atoms with E-state index in [9.17, 15) is 14.4 Å². The predicted molar refractivity (Wildman–Crippen MR) is 117 cm³/mol. The van der Waals surface area contributed by atoms with Crippen molar-refractivity contribution in [3.63, 3.8) is 0 Å². The van der Waals surface area contributed by atoms with Gasteiger partial charge in [-0.25, -0.2) is 4.79 Å². The Labute approximate surface area is 181 Å². The second-order valence-electron chi connectivity index (χ2n) is 10.9. The van der Waals surface area contributed by atoms with Crippen molar-refractivity contribution >= 4 is 17.7 Å². The van der Waals surface area contributed by atoms with Crippen molar-refractivity contribution in [2.75, 3.05) is 47.3 Å². The van der Waals surface area contributed by atoms with Gasteiger partial charge in [0.25, 0.3) is 0 Å². The van der Waals surface area contributed by atoms with E-state index in [2.05, 4.69) is 36.0 Å². The molecule has 3 aliphatic rings. The number of nitrogens with one attached hydrogen (secondary N) is 1. The maximum atomic E-state index is 13.5. The zero-order chi connectivity index (χ0) is 22.1. The summed E-state index contributed by atoms with van der Waals surface area (Å²) >= 11 is 0. The zero-order valence-electron chi connectivity index (χ0n) is 19.4. The summed E-state index contributed by atoms with van der Waals surface area (Å²) in [5.41, 5.74) is -0.0752. The molecule has 1 N–H and O–H groups in total. The molecule has 0 spiro atoms. The molecule has 30 heavy (non-hydrogen) atoms. The van der Waals surface area contributed by atoms with Crippen molar-refractivity contribution < 1.29 is 14.4 Å². The van der Waals surface area contributed by atoms with Crippen molar-refractivity contribution in [2.24, 2.45) is 23.2 Å².